The van der Waals surface area contributed by atoms with Crippen LogP contribution in [0.5, 0.6) is 0 Å². The molecule has 0 radical (unpaired) electrons. The monoisotopic (exact) mass is 297 g/mol. The van der Waals surface area contributed by atoms with E-state index < -0.39 is 0 Å². The van der Waals surface area contributed by atoms with E-state index in [2.05, 4.69) is 5.32 Å². The second kappa shape index (κ2) is 7.45. The lowest BCUT2D eigenvalue weighted by Crippen LogP contribution is -2.07. The zero-order valence-corrected chi connectivity index (χ0v) is 12.4. The third-order valence-corrected chi connectivity index (χ3v) is 3.54. The molecule has 106 valence electrons. The molecule has 2 rings (SSSR count). The van der Waals surface area contributed by atoms with E-state index in [4.69, 9.17) is 0 Å². The summed E-state index contributed by atoms with van der Waals surface area (Å²) in [5.74, 6) is -0.193. The van der Waals surface area contributed by atoms with E-state index in [1.807, 2.05) is 30.3 Å². The molecule has 4 heteroatoms. The van der Waals surface area contributed by atoms with Crippen molar-refractivity contribution in [2.24, 2.45) is 0 Å². The number of carbonyl (C=O) groups excluding carboxylic acids is 2. The first-order valence-electron chi connectivity index (χ1n) is 6.45. The van der Waals surface area contributed by atoms with E-state index in [9.17, 15) is 9.59 Å². The number of benzene rings is 2. The fourth-order valence-electron chi connectivity index (χ4n) is 1.65. The number of thioether (sulfide) groups is 1. The maximum absolute atomic E-state index is 11.7. The van der Waals surface area contributed by atoms with Gasteiger partial charge in [-0.05, 0) is 48.7 Å². The van der Waals surface area contributed by atoms with E-state index in [1.165, 1.54) is 24.8 Å². The van der Waals surface area contributed by atoms with Gasteiger partial charge in [0.2, 0.25) is 5.91 Å². The molecule has 1 amide bonds. The van der Waals surface area contributed by atoms with Crippen LogP contribution in [0, 0.1) is 0 Å². The van der Waals surface area contributed by atoms with Crippen molar-refractivity contribution >= 4 is 29.1 Å². The molecule has 0 spiro atoms. The summed E-state index contributed by atoms with van der Waals surface area (Å²) in [5.41, 5.74) is 1.29. The maximum Gasteiger partial charge on any atom is 0.248 e. The van der Waals surface area contributed by atoms with Crippen LogP contribution >= 0.6 is 11.8 Å². The Kier molecular flexibility index (Phi) is 5.35. The third-order valence-electron chi connectivity index (χ3n) is 2.73. The predicted molar refractivity (Wildman–Crippen MR) is 86.5 cm³/mol. The van der Waals surface area contributed by atoms with Gasteiger partial charge in [-0.2, -0.15) is 0 Å². The Morgan fingerprint density at radius 2 is 1.67 bits per heavy atom. The number of ketones is 1. The van der Waals surface area contributed by atoms with Crippen LogP contribution in [0.4, 0.5) is 5.69 Å². The Bertz CT molecular complexity index is 648. The molecule has 0 unspecified atom stereocenters. The van der Waals surface area contributed by atoms with Crippen LogP contribution in [-0.2, 0) is 4.79 Å². The summed E-state index contributed by atoms with van der Waals surface area (Å²) in [4.78, 5) is 24.0. The molecule has 3 nitrogen and oxygen atoms in total. The number of Topliss-reactive ketones (excluding diaryl/α,β-unsaturated/α-hetero) is 1. The summed E-state index contributed by atoms with van der Waals surface area (Å²) in [6.07, 6.45) is 1.48. The SMILES string of the molecule is CC(=O)c1ccc(NC(=O)/C=C/Sc2ccccc2)cc1. The highest BCUT2D eigenvalue weighted by Crippen LogP contribution is 2.18. The van der Waals surface area contributed by atoms with Crippen molar-refractivity contribution in [2.75, 3.05) is 5.32 Å². The standard InChI is InChI=1S/C17H15NO2S/c1-13(19)14-7-9-15(10-8-14)18-17(20)11-12-21-16-5-3-2-4-6-16/h2-12H,1H3,(H,18,20)/b12-11+. The van der Waals surface area contributed by atoms with Crippen LogP contribution in [-0.4, -0.2) is 11.7 Å². The molecule has 0 saturated heterocycles. The van der Waals surface area contributed by atoms with Crippen LogP contribution in [0.3, 0.4) is 0 Å². The summed E-state index contributed by atoms with van der Waals surface area (Å²) in [6.45, 7) is 1.51. The molecular formula is C17H15NO2S. The van der Waals surface area contributed by atoms with Crippen molar-refractivity contribution in [3.63, 3.8) is 0 Å². The minimum atomic E-state index is -0.200. The Hall–Kier alpha value is -2.33. The van der Waals surface area contributed by atoms with Crippen molar-refractivity contribution in [3.8, 4) is 0 Å². The molecule has 0 aromatic heterocycles. The van der Waals surface area contributed by atoms with Gasteiger partial charge >= 0.3 is 0 Å². The molecule has 0 atom stereocenters. The number of nitrogens with one attached hydrogen (secondary N) is 1. The largest absolute Gasteiger partial charge is 0.322 e. The van der Waals surface area contributed by atoms with E-state index >= 15 is 0 Å². The number of rotatable bonds is 5. The summed E-state index contributed by atoms with van der Waals surface area (Å²) in [7, 11) is 0. The van der Waals surface area contributed by atoms with Crippen LogP contribution in [0.2, 0.25) is 0 Å². The number of anilines is 1. The van der Waals surface area contributed by atoms with Crippen molar-refractivity contribution in [3.05, 3.63) is 71.6 Å². The first kappa shape index (κ1) is 15.1. The Morgan fingerprint density at radius 3 is 2.29 bits per heavy atom. The van der Waals surface area contributed by atoms with E-state index in [-0.39, 0.29) is 11.7 Å². The molecule has 0 saturated carbocycles. The minimum Gasteiger partial charge on any atom is -0.322 e. The molecule has 0 aliphatic rings. The molecular weight excluding hydrogens is 282 g/mol. The fourth-order valence-corrected chi connectivity index (χ4v) is 2.31. The lowest BCUT2D eigenvalue weighted by Gasteiger charge is -2.02. The lowest BCUT2D eigenvalue weighted by molar-refractivity contribution is -0.111. The second-order valence-electron chi connectivity index (χ2n) is 4.36. The first-order valence-corrected chi connectivity index (χ1v) is 7.33. The van der Waals surface area contributed by atoms with Crippen molar-refractivity contribution in [1.82, 2.24) is 0 Å². The third kappa shape index (κ3) is 4.93. The maximum atomic E-state index is 11.7. The van der Waals surface area contributed by atoms with Crippen molar-refractivity contribution < 1.29 is 9.59 Å². The van der Waals surface area contributed by atoms with E-state index in [0.29, 0.717) is 11.3 Å². The van der Waals surface area contributed by atoms with Gasteiger partial charge in [0.25, 0.3) is 0 Å². The normalized spacial score (nSPS) is 10.5. The highest BCUT2D eigenvalue weighted by atomic mass is 32.2. The Labute approximate surface area is 128 Å². The molecule has 0 fully saturated rings. The van der Waals surface area contributed by atoms with Gasteiger partial charge in [0.15, 0.2) is 5.78 Å². The van der Waals surface area contributed by atoms with Crippen molar-refractivity contribution in [2.45, 2.75) is 11.8 Å². The molecule has 2 aromatic carbocycles. The fraction of sp³-hybridized carbons (Fsp3) is 0.0588. The average molecular weight is 297 g/mol. The van der Waals surface area contributed by atoms with Crippen LogP contribution < -0.4 is 5.32 Å². The summed E-state index contributed by atoms with van der Waals surface area (Å²) in [5, 5.41) is 4.49. The number of carbonyl (C=O) groups is 2. The number of amides is 1. The van der Waals surface area contributed by atoms with Gasteiger partial charge in [0, 0.05) is 22.2 Å². The topological polar surface area (TPSA) is 46.2 Å². The van der Waals surface area contributed by atoms with Crippen LogP contribution in [0.25, 0.3) is 0 Å². The number of hydrogen-bond acceptors (Lipinski definition) is 3. The molecule has 21 heavy (non-hydrogen) atoms. The molecule has 0 heterocycles. The zero-order chi connectivity index (χ0) is 15.1. The van der Waals surface area contributed by atoms with Gasteiger partial charge in [-0.3, -0.25) is 9.59 Å². The Morgan fingerprint density at radius 1 is 1.00 bits per heavy atom. The van der Waals surface area contributed by atoms with E-state index in [0.717, 1.165) is 4.90 Å². The Balaban J connectivity index is 1.88. The van der Waals surface area contributed by atoms with Crippen LogP contribution in [0.1, 0.15) is 17.3 Å². The molecule has 0 aliphatic carbocycles. The smallest absolute Gasteiger partial charge is 0.248 e. The van der Waals surface area contributed by atoms with Crippen molar-refractivity contribution in [1.29, 1.82) is 0 Å². The summed E-state index contributed by atoms with van der Waals surface area (Å²) >= 11 is 1.48. The molecule has 0 aliphatic heterocycles. The first-order chi connectivity index (χ1) is 10.1. The summed E-state index contributed by atoms with van der Waals surface area (Å²) in [6, 6.07) is 16.6. The number of hydrogen-bond donors (Lipinski definition) is 1. The molecule has 2 aromatic rings. The average Bonchev–Trinajstić information content (AvgIpc) is 2.49. The van der Waals surface area contributed by atoms with Gasteiger partial charge < -0.3 is 5.32 Å². The van der Waals surface area contributed by atoms with Gasteiger partial charge in [-0.25, -0.2) is 0 Å². The quantitative estimate of drug-likeness (QED) is 0.512. The van der Waals surface area contributed by atoms with E-state index in [1.54, 1.807) is 29.7 Å². The second-order valence-corrected chi connectivity index (χ2v) is 5.34. The molecule has 1 N–H and O–H groups in total. The zero-order valence-electron chi connectivity index (χ0n) is 11.6. The van der Waals surface area contributed by atoms with Gasteiger partial charge in [0.1, 0.15) is 0 Å². The molecule has 0 bridgehead atoms. The van der Waals surface area contributed by atoms with Crippen LogP contribution in [0.15, 0.2) is 71.0 Å². The highest BCUT2D eigenvalue weighted by molar-refractivity contribution is 8.02. The minimum absolute atomic E-state index is 0.00651. The summed E-state index contributed by atoms with van der Waals surface area (Å²) < 4.78 is 0. The van der Waals surface area contributed by atoms with Gasteiger partial charge in [-0.15, -0.1) is 0 Å². The lowest BCUT2D eigenvalue weighted by atomic mass is 10.1. The highest BCUT2D eigenvalue weighted by Gasteiger charge is 2.01. The predicted octanol–water partition coefficient (Wildman–Crippen LogP) is 4.13. The van der Waals surface area contributed by atoms with Gasteiger partial charge in [-0.1, -0.05) is 30.0 Å². The van der Waals surface area contributed by atoms with Gasteiger partial charge in [0.05, 0.1) is 0 Å².